The molecule has 1 spiro atoms. The molecule has 0 atom stereocenters. The molecule has 0 bridgehead atoms. The van der Waals surface area contributed by atoms with Gasteiger partial charge in [0.2, 0.25) is 0 Å². The number of fused-ring (bicyclic) bond motifs is 1. The van der Waals surface area contributed by atoms with E-state index in [4.69, 9.17) is 0 Å². The molecule has 1 N–H and O–H groups in total. The lowest BCUT2D eigenvalue weighted by Crippen LogP contribution is -2.31. The van der Waals surface area contributed by atoms with Crippen LogP contribution in [0.4, 0.5) is 5.69 Å². The molecule has 0 amide bonds. The van der Waals surface area contributed by atoms with Crippen molar-refractivity contribution in [1.82, 2.24) is 4.98 Å². The quantitative estimate of drug-likeness (QED) is 0.823. The summed E-state index contributed by atoms with van der Waals surface area (Å²) in [6, 6.07) is 9.24. The summed E-state index contributed by atoms with van der Waals surface area (Å²) in [5.74, 6) is 0. The van der Waals surface area contributed by atoms with Gasteiger partial charge in [-0.05, 0) is 61.5 Å². The Morgan fingerprint density at radius 3 is 2.62 bits per heavy atom. The maximum atomic E-state index is 4.28. The highest BCUT2D eigenvalue weighted by molar-refractivity contribution is 5.93. The number of hydrogen-bond acceptors (Lipinski definition) is 2. The average Bonchev–Trinajstić information content (AvgIpc) is 2.99. The summed E-state index contributed by atoms with van der Waals surface area (Å²) in [7, 11) is 0. The molecule has 2 aliphatic rings. The predicted molar refractivity (Wildman–Crippen MR) is 88.5 cm³/mol. The van der Waals surface area contributed by atoms with E-state index < -0.39 is 0 Å². The molecular formula is C19H24N2. The highest BCUT2D eigenvalue weighted by atomic mass is 14.9. The van der Waals surface area contributed by atoms with E-state index in [1.54, 1.807) is 0 Å². The Morgan fingerprint density at radius 2 is 1.81 bits per heavy atom. The maximum absolute atomic E-state index is 4.28. The third-order valence-corrected chi connectivity index (χ3v) is 5.75. The van der Waals surface area contributed by atoms with Gasteiger partial charge in [0, 0.05) is 29.5 Å². The molecule has 0 saturated heterocycles. The van der Waals surface area contributed by atoms with Gasteiger partial charge in [0.05, 0.1) is 0 Å². The first-order chi connectivity index (χ1) is 10.3. The van der Waals surface area contributed by atoms with Gasteiger partial charge in [0.15, 0.2) is 0 Å². The van der Waals surface area contributed by atoms with Crippen LogP contribution in [-0.2, 0) is 0 Å². The summed E-state index contributed by atoms with van der Waals surface area (Å²) in [6.07, 6.45) is 15.3. The molecule has 0 unspecified atom stereocenters. The highest BCUT2D eigenvalue weighted by Gasteiger charge is 2.37. The largest absolute Gasteiger partial charge is 0.382 e. The summed E-state index contributed by atoms with van der Waals surface area (Å²) in [4.78, 5) is 4.28. The van der Waals surface area contributed by atoms with Crippen LogP contribution in [0.25, 0.3) is 10.8 Å². The highest BCUT2D eigenvalue weighted by Crippen LogP contribution is 2.49. The van der Waals surface area contributed by atoms with Crippen molar-refractivity contribution >= 4 is 16.5 Å². The molecule has 2 fully saturated rings. The van der Waals surface area contributed by atoms with Crippen molar-refractivity contribution in [3.63, 3.8) is 0 Å². The fourth-order valence-electron chi connectivity index (χ4n) is 4.46. The number of nitrogens with zero attached hydrogens (tertiary/aromatic N) is 1. The SMILES string of the molecule is c1cc(NC2CCC3(CCCC3)CC2)c2cnccc2c1. The number of pyridine rings is 1. The van der Waals surface area contributed by atoms with Crippen LogP contribution >= 0.6 is 0 Å². The van der Waals surface area contributed by atoms with E-state index in [2.05, 4.69) is 34.6 Å². The second kappa shape index (κ2) is 5.32. The molecule has 1 aromatic heterocycles. The molecule has 1 heterocycles. The number of nitrogens with one attached hydrogen (secondary N) is 1. The number of aromatic nitrogens is 1. The van der Waals surface area contributed by atoms with Crippen molar-refractivity contribution in [2.75, 3.05) is 5.32 Å². The summed E-state index contributed by atoms with van der Waals surface area (Å²) in [6.45, 7) is 0. The number of rotatable bonds is 2. The van der Waals surface area contributed by atoms with Crippen LogP contribution in [0.2, 0.25) is 0 Å². The van der Waals surface area contributed by atoms with E-state index in [0.717, 1.165) is 5.41 Å². The molecule has 21 heavy (non-hydrogen) atoms. The maximum Gasteiger partial charge on any atom is 0.0437 e. The third-order valence-electron chi connectivity index (χ3n) is 5.75. The van der Waals surface area contributed by atoms with E-state index in [1.165, 1.54) is 67.8 Å². The molecular weight excluding hydrogens is 256 g/mol. The van der Waals surface area contributed by atoms with Crippen LogP contribution in [0, 0.1) is 5.41 Å². The molecule has 2 heteroatoms. The van der Waals surface area contributed by atoms with Crippen molar-refractivity contribution in [2.45, 2.75) is 57.4 Å². The minimum atomic E-state index is 0.641. The van der Waals surface area contributed by atoms with Crippen LogP contribution in [0.1, 0.15) is 51.4 Å². The van der Waals surface area contributed by atoms with Gasteiger partial charge >= 0.3 is 0 Å². The first-order valence-corrected chi connectivity index (χ1v) is 8.44. The molecule has 2 saturated carbocycles. The van der Waals surface area contributed by atoms with Crippen molar-refractivity contribution in [1.29, 1.82) is 0 Å². The fraction of sp³-hybridized carbons (Fsp3) is 0.526. The Balaban J connectivity index is 1.49. The summed E-state index contributed by atoms with van der Waals surface area (Å²) in [5, 5.41) is 6.32. The van der Waals surface area contributed by atoms with Crippen LogP contribution in [0.5, 0.6) is 0 Å². The van der Waals surface area contributed by atoms with Gasteiger partial charge in [0.1, 0.15) is 0 Å². The average molecular weight is 280 g/mol. The van der Waals surface area contributed by atoms with Crippen LogP contribution in [-0.4, -0.2) is 11.0 Å². The van der Waals surface area contributed by atoms with Crippen LogP contribution in [0.15, 0.2) is 36.7 Å². The number of hydrogen-bond donors (Lipinski definition) is 1. The topological polar surface area (TPSA) is 24.9 Å². The lowest BCUT2D eigenvalue weighted by molar-refractivity contribution is 0.188. The van der Waals surface area contributed by atoms with Crippen LogP contribution < -0.4 is 5.32 Å². The lowest BCUT2D eigenvalue weighted by Gasteiger charge is -2.38. The van der Waals surface area contributed by atoms with Gasteiger partial charge in [-0.15, -0.1) is 0 Å². The van der Waals surface area contributed by atoms with Gasteiger partial charge in [-0.25, -0.2) is 0 Å². The van der Waals surface area contributed by atoms with E-state index in [1.807, 2.05) is 12.4 Å². The van der Waals surface area contributed by atoms with Crippen molar-refractivity contribution < 1.29 is 0 Å². The van der Waals surface area contributed by atoms with Gasteiger partial charge in [0.25, 0.3) is 0 Å². The molecule has 0 aliphatic heterocycles. The standard InChI is InChI=1S/C19H24N2/c1-2-10-19(9-1)11-6-16(7-12-19)21-18-5-3-4-15-8-13-20-14-17(15)18/h3-5,8,13-14,16,21H,1-2,6-7,9-12H2. The number of anilines is 1. The Kier molecular flexibility index (Phi) is 3.33. The van der Waals surface area contributed by atoms with Gasteiger partial charge in [-0.2, -0.15) is 0 Å². The second-order valence-corrected chi connectivity index (χ2v) is 7.03. The van der Waals surface area contributed by atoms with E-state index in [9.17, 15) is 0 Å². The Labute approximate surface area is 127 Å². The monoisotopic (exact) mass is 280 g/mol. The zero-order valence-corrected chi connectivity index (χ0v) is 12.6. The molecule has 1 aromatic carbocycles. The zero-order valence-electron chi connectivity index (χ0n) is 12.6. The Hall–Kier alpha value is -1.57. The van der Waals surface area contributed by atoms with Crippen molar-refractivity contribution in [3.05, 3.63) is 36.7 Å². The number of benzene rings is 1. The normalized spacial score (nSPS) is 21.9. The van der Waals surface area contributed by atoms with Crippen molar-refractivity contribution in [2.24, 2.45) is 5.41 Å². The van der Waals surface area contributed by atoms with E-state index in [-0.39, 0.29) is 0 Å². The van der Waals surface area contributed by atoms with Gasteiger partial charge in [-0.3, -0.25) is 4.98 Å². The predicted octanol–water partition coefficient (Wildman–Crippen LogP) is 5.15. The Morgan fingerprint density at radius 1 is 1.00 bits per heavy atom. The molecule has 110 valence electrons. The minimum absolute atomic E-state index is 0.641. The summed E-state index contributed by atoms with van der Waals surface area (Å²) in [5.41, 5.74) is 1.98. The fourth-order valence-corrected chi connectivity index (χ4v) is 4.46. The van der Waals surface area contributed by atoms with E-state index in [0.29, 0.717) is 6.04 Å². The minimum Gasteiger partial charge on any atom is -0.382 e. The molecule has 4 rings (SSSR count). The van der Waals surface area contributed by atoms with Crippen LogP contribution in [0.3, 0.4) is 0 Å². The first-order valence-electron chi connectivity index (χ1n) is 8.44. The summed E-state index contributed by atoms with van der Waals surface area (Å²) < 4.78 is 0. The molecule has 2 aromatic rings. The van der Waals surface area contributed by atoms with Crippen molar-refractivity contribution in [3.8, 4) is 0 Å². The first kappa shape index (κ1) is 13.1. The molecule has 0 radical (unpaired) electrons. The van der Waals surface area contributed by atoms with Gasteiger partial charge in [-0.1, -0.05) is 25.0 Å². The zero-order chi connectivity index (χ0) is 14.1. The second-order valence-electron chi connectivity index (χ2n) is 7.03. The smallest absolute Gasteiger partial charge is 0.0437 e. The Bertz CT molecular complexity index is 613. The van der Waals surface area contributed by atoms with Gasteiger partial charge < -0.3 is 5.32 Å². The third kappa shape index (κ3) is 2.52. The lowest BCUT2D eigenvalue weighted by atomic mass is 9.71. The summed E-state index contributed by atoms with van der Waals surface area (Å²) >= 11 is 0. The van der Waals surface area contributed by atoms with E-state index >= 15 is 0 Å². The molecule has 2 aliphatic carbocycles. The molecule has 2 nitrogen and oxygen atoms in total.